The van der Waals surface area contributed by atoms with Gasteiger partial charge in [0, 0.05) is 24.7 Å². The summed E-state index contributed by atoms with van der Waals surface area (Å²) < 4.78 is 10.4. The normalized spacial score (nSPS) is 10.1. The summed E-state index contributed by atoms with van der Waals surface area (Å²) in [6.45, 7) is 3.62. The fraction of sp³-hybridized carbons (Fsp3) is 0.500. The lowest BCUT2D eigenvalue weighted by atomic mass is 10.2. The molecular formula is C14H22N2O3. The highest BCUT2D eigenvalue weighted by Crippen LogP contribution is 2.24. The standard InChI is InChI=1S/C14H22N2O3/c1-4-7-16-14(17)10-15-9-11-5-6-12(18-2)8-13(11)19-3/h5-6,8,15H,4,7,9-10H2,1-3H3,(H,16,17). The molecule has 1 rings (SSSR count). The summed E-state index contributed by atoms with van der Waals surface area (Å²) >= 11 is 0. The molecule has 0 fully saturated rings. The molecule has 1 amide bonds. The van der Waals surface area contributed by atoms with E-state index in [1.807, 2.05) is 25.1 Å². The molecule has 1 aromatic rings. The summed E-state index contributed by atoms with van der Waals surface area (Å²) in [6, 6.07) is 5.62. The molecule has 0 aliphatic rings. The number of methoxy groups -OCH3 is 2. The minimum atomic E-state index is 0.00864. The molecule has 0 unspecified atom stereocenters. The number of rotatable bonds is 8. The Morgan fingerprint density at radius 1 is 1.26 bits per heavy atom. The number of nitrogens with one attached hydrogen (secondary N) is 2. The van der Waals surface area contributed by atoms with Gasteiger partial charge in [-0.2, -0.15) is 0 Å². The summed E-state index contributed by atoms with van der Waals surface area (Å²) in [6.07, 6.45) is 0.943. The zero-order valence-electron chi connectivity index (χ0n) is 11.8. The van der Waals surface area contributed by atoms with E-state index in [-0.39, 0.29) is 5.91 Å². The van der Waals surface area contributed by atoms with E-state index in [0.717, 1.165) is 23.5 Å². The van der Waals surface area contributed by atoms with Gasteiger partial charge < -0.3 is 20.1 Å². The van der Waals surface area contributed by atoms with Crippen molar-refractivity contribution in [1.29, 1.82) is 0 Å². The highest BCUT2D eigenvalue weighted by Gasteiger charge is 2.05. The van der Waals surface area contributed by atoms with Crippen LogP contribution in [0, 0.1) is 0 Å². The minimum absolute atomic E-state index is 0.00864. The van der Waals surface area contributed by atoms with Crippen molar-refractivity contribution >= 4 is 5.91 Å². The Morgan fingerprint density at radius 2 is 2.05 bits per heavy atom. The van der Waals surface area contributed by atoms with Crippen LogP contribution >= 0.6 is 0 Å². The number of carbonyl (C=O) groups is 1. The SMILES string of the molecule is CCCNC(=O)CNCc1ccc(OC)cc1OC. The van der Waals surface area contributed by atoms with E-state index in [0.29, 0.717) is 19.6 Å². The third kappa shape index (κ3) is 5.18. The zero-order chi connectivity index (χ0) is 14.1. The Bertz CT molecular complexity index is 408. The van der Waals surface area contributed by atoms with Crippen molar-refractivity contribution < 1.29 is 14.3 Å². The smallest absolute Gasteiger partial charge is 0.233 e. The molecule has 5 heteroatoms. The summed E-state index contributed by atoms with van der Waals surface area (Å²) in [5, 5.41) is 5.90. The number of hydrogen-bond acceptors (Lipinski definition) is 4. The Hall–Kier alpha value is -1.75. The predicted molar refractivity (Wildman–Crippen MR) is 74.6 cm³/mol. The van der Waals surface area contributed by atoms with Crippen molar-refractivity contribution in [2.24, 2.45) is 0 Å². The molecule has 0 aliphatic carbocycles. The Labute approximate surface area is 114 Å². The Balaban J connectivity index is 2.46. The lowest BCUT2D eigenvalue weighted by Gasteiger charge is -2.11. The van der Waals surface area contributed by atoms with Crippen molar-refractivity contribution in [3.05, 3.63) is 23.8 Å². The van der Waals surface area contributed by atoms with Crippen LogP contribution in [0.5, 0.6) is 11.5 Å². The largest absolute Gasteiger partial charge is 0.497 e. The van der Waals surface area contributed by atoms with Crippen molar-refractivity contribution in [1.82, 2.24) is 10.6 Å². The molecule has 0 aromatic heterocycles. The van der Waals surface area contributed by atoms with Crippen LogP contribution in [-0.4, -0.2) is 33.2 Å². The zero-order valence-corrected chi connectivity index (χ0v) is 11.8. The fourth-order valence-corrected chi connectivity index (χ4v) is 1.64. The highest BCUT2D eigenvalue weighted by molar-refractivity contribution is 5.77. The monoisotopic (exact) mass is 266 g/mol. The maximum absolute atomic E-state index is 11.4. The summed E-state index contributed by atoms with van der Waals surface area (Å²) in [5.41, 5.74) is 0.992. The van der Waals surface area contributed by atoms with Crippen LogP contribution in [0.3, 0.4) is 0 Å². The molecule has 106 valence electrons. The van der Waals surface area contributed by atoms with E-state index < -0.39 is 0 Å². The summed E-state index contributed by atoms with van der Waals surface area (Å²) in [7, 11) is 3.23. The molecule has 0 bridgehead atoms. The van der Waals surface area contributed by atoms with Gasteiger partial charge in [-0.15, -0.1) is 0 Å². The average Bonchev–Trinajstić information content (AvgIpc) is 2.45. The average molecular weight is 266 g/mol. The number of hydrogen-bond donors (Lipinski definition) is 2. The third-order valence-electron chi connectivity index (χ3n) is 2.67. The molecule has 5 nitrogen and oxygen atoms in total. The summed E-state index contributed by atoms with van der Waals surface area (Å²) in [4.78, 5) is 11.4. The molecule has 1 aromatic carbocycles. The molecule has 0 saturated carbocycles. The van der Waals surface area contributed by atoms with Crippen LogP contribution in [0.1, 0.15) is 18.9 Å². The van der Waals surface area contributed by atoms with Gasteiger partial charge in [-0.25, -0.2) is 0 Å². The number of ether oxygens (including phenoxy) is 2. The highest BCUT2D eigenvalue weighted by atomic mass is 16.5. The first-order chi connectivity index (χ1) is 9.21. The van der Waals surface area contributed by atoms with Crippen molar-refractivity contribution in [3.63, 3.8) is 0 Å². The lowest BCUT2D eigenvalue weighted by Crippen LogP contribution is -2.33. The van der Waals surface area contributed by atoms with Crippen molar-refractivity contribution in [2.45, 2.75) is 19.9 Å². The lowest BCUT2D eigenvalue weighted by molar-refractivity contribution is -0.120. The fourth-order valence-electron chi connectivity index (χ4n) is 1.64. The van der Waals surface area contributed by atoms with Gasteiger partial charge in [0.15, 0.2) is 0 Å². The van der Waals surface area contributed by atoms with E-state index in [2.05, 4.69) is 10.6 Å². The van der Waals surface area contributed by atoms with Crippen molar-refractivity contribution in [3.8, 4) is 11.5 Å². The van der Waals surface area contributed by atoms with E-state index in [4.69, 9.17) is 9.47 Å². The molecule has 0 spiro atoms. The van der Waals surface area contributed by atoms with Gasteiger partial charge in [-0.3, -0.25) is 4.79 Å². The second kappa shape index (κ2) is 8.37. The number of benzene rings is 1. The third-order valence-corrected chi connectivity index (χ3v) is 2.67. The maximum Gasteiger partial charge on any atom is 0.233 e. The molecule has 2 N–H and O–H groups in total. The second-order valence-corrected chi connectivity index (χ2v) is 4.13. The van der Waals surface area contributed by atoms with Gasteiger partial charge in [-0.05, 0) is 12.5 Å². The van der Waals surface area contributed by atoms with Gasteiger partial charge in [0.05, 0.1) is 20.8 Å². The van der Waals surface area contributed by atoms with Gasteiger partial charge in [-0.1, -0.05) is 13.0 Å². The Kier molecular flexibility index (Phi) is 6.74. The molecule has 0 atom stereocenters. The number of carbonyl (C=O) groups excluding carboxylic acids is 1. The van der Waals surface area contributed by atoms with Gasteiger partial charge in [0.25, 0.3) is 0 Å². The van der Waals surface area contributed by atoms with Crippen LogP contribution in [-0.2, 0) is 11.3 Å². The Morgan fingerprint density at radius 3 is 2.68 bits per heavy atom. The molecule has 0 heterocycles. The van der Waals surface area contributed by atoms with Gasteiger partial charge in [0.2, 0.25) is 5.91 Å². The quantitative estimate of drug-likeness (QED) is 0.745. The van der Waals surface area contributed by atoms with Gasteiger partial charge >= 0.3 is 0 Å². The molecule has 0 saturated heterocycles. The topological polar surface area (TPSA) is 59.6 Å². The maximum atomic E-state index is 11.4. The van der Waals surface area contributed by atoms with Crippen LogP contribution in [0.25, 0.3) is 0 Å². The first-order valence-electron chi connectivity index (χ1n) is 6.39. The van der Waals surface area contributed by atoms with Crippen molar-refractivity contribution in [2.75, 3.05) is 27.3 Å². The van der Waals surface area contributed by atoms with E-state index in [9.17, 15) is 4.79 Å². The van der Waals surface area contributed by atoms with Crippen LogP contribution in [0.4, 0.5) is 0 Å². The number of amides is 1. The minimum Gasteiger partial charge on any atom is -0.497 e. The molecule has 19 heavy (non-hydrogen) atoms. The molecular weight excluding hydrogens is 244 g/mol. The van der Waals surface area contributed by atoms with E-state index >= 15 is 0 Å². The second-order valence-electron chi connectivity index (χ2n) is 4.13. The first-order valence-corrected chi connectivity index (χ1v) is 6.39. The van der Waals surface area contributed by atoms with E-state index in [1.165, 1.54) is 0 Å². The van der Waals surface area contributed by atoms with Crippen LogP contribution < -0.4 is 20.1 Å². The molecule has 0 radical (unpaired) electrons. The molecule has 0 aliphatic heterocycles. The van der Waals surface area contributed by atoms with Crippen LogP contribution in [0.2, 0.25) is 0 Å². The van der Waals surface area contributed by atoms with E-state index in [1.54, 1.807) is 14.2 Å². The summed E-state index contributed by atoms with van der Waals surface area (Å²) in [5.74, 6) is 1.51. The predicted octanol–water partition coefficient (Wildman–Crippen LogP) is 1.32. The first kappa shape index (κ1) is 15.3. The van der Waals surface area contributed by atoms with Crippen LogP contribution in [0.15, 0.2) is 18.2 Å². The van der Waals surface area contributed by atoms with Gasteiger partial charge in [0.1, 0.15) is 11.5 Å².